The molecule has 1 saturated heterocycles. The minimum absolute atomic E-state index is 0.0473. The number of nitrogens with zero attached hydrogens (tertiary/aromatic N) is 1. The van der Waals surface area contributed by atoms with Crippen LogP contribution in [-0.2, 0) is 10.0 Å². The average Bonchev–Trinajstić information content (AvgIpc) is 2.33. The predicted molar refractivity (Wildman–Crippen MR) is 65.0 cm³/mol. The molecule has 1 aromatic rings. The van der Waals surface area contributed by atoms with Gasteiger partial charge in [0.1, 0.15) is 4.90 Å². The predicted octanol–water partition coefficient (Wildman–Crippen LogP) is 0.358. The number of nitrogens with one attached hydrogen (secondary N) is 2. The Bertz CT molecular complexity index is 461. The Morgan fingerprint density at radius 2 is 2.35 bits per heavy atom. The molecule has 0 bridgehead atoms. The smallest absolute Gasteiger partial charge is 0.242 e. The molecule has 2 heterocycles. The summed E-state index contributed by atoms with van der Waals surface area (Å²) in [6.07, 6.45) is 3.91. The van der Waals surface area contributed by atoms with E-state index in [4.69, 9.17) is 0 Å². The van der Waals surface area contributed by atoms with Crippen molar-refractivity contribution in [1.82, 2.24) is 15.0 Å². The van der Waals surface area contributed by atoms with Gasteiger partial charge in [0.2, 0.25) is 10.0 Å². The van der Waals surface area contributed by atoms with E-state index in [-0.39, 0.29) is 10.9 Å². The lowest BCUT2D eigenvalue weighted by atomic mass is 9.96. The number of piperidine rings is 1. The van der Waals surface area contributed by atoms with E-state index in [2.05, 4.69) is 21.9 Å². The molecule has 2 unspecified atom stereocenters. The van der Waals surface area contributed by atoms with Gasteiger partial charge < -0.3 is 5.32 Å². The third-order valence-corrected chi connectivity index (χ3v) is 4.55. The monoisotopic (exact) mass is 255 g/mol. The number of hydrogen-bond acceptors (Lipinski definition) is 4. The second-order valence-electron chi connectivity index (χ2n) is 4.39. The lowest BCUT2D eigenvalue weighted by Gasteiger charge is -2.29. The Hall–Kier alpha value is -0.980. The highest BCUT2D eigenvalue weighted by Crippen LogP contribution is 2.14. The van der Waals surface area contributed by atoms with Crippen LogP contribution < -0.4 is 10.0 Å². The van der Waals surface area contributed by atoms with E-state index in [1.165, 1.54) is 6.20 Å². The molecule has 0 saturated carbocycles. The molecule has 2 rings (SSSR count). The molecule has 0 spiro atoms. The Balaban J connectivity index is 2.12. The van der Waals surface area contributed by atoms with Gasteiger partial charge in [0.25, 0.3) is 0 Å². The summed E-state index contributed by atoms with van der Waals surface area (Å²) in [4.78, 5) is 4.05. The number of aromatic nitrogens is 1. The summed E-state index contributed by atoms with van der Waals surface area (Å²) in [6.45, 7) is 3.70. The van der Waals surface area contributed by atoms with Crippen molar-refractivity contribution in [1.29, 1.82) is 0 Å². The summed E-state index contributed by atoms with van der Waals surface area (Å²) in [5.41, 5.74) is 0. The standard InChI is InChI=1S/C11H17N3O2S/c1-9-4-6-13-8-11(9)14-17(15,16)10-3-2-5-12-7-10/h2-3,5,7,9,11,13-14H,4,6,8H2,1H3. The second-order valence-corrected chi connectivity index (χ2v) is 6.10. The molecule has 1 fully saturated rings. The van der Waals surface area contributed by atoms with Crippen molar-refractivity contribution in [3.8, 4) is 0 Å². The van der Waals surface area contributed by atoms with Gasteiger partial charge in [0.15, 0.2) is 0 Å². The maximum Gasteiger partial charge on any atom is 0.242 e. The van der Waals surface area contributed by atoms with E-state index in [0.29, 0.717) is 12.5 Å². The first-order chi connectivity index (χ1) is 8.09. The van der Waals surface area contributed by atoms with Crippen LogP contribution in [0.5, 0.6) is 0 Å². The van der Waals surface area contributed by atoms with Crippen LogP contribution in [0.15, 0.2) is 29.4 Å². The zero-order valence-electron chi connectivity index (χ0n) is 9.76. The van der Waals surface area contributed by atoms with Gasteiger partial charge in [-0.2, -0.15) is 0 Å². The van der Waals surface area contributed by atoms with Crippen LogP contribution in [-0.4, -0.2) is 32.5 Å². The van der Waals surface area contributed by atoms with Gasteiger partial charge in [0, 0.05) is 25.0 Å². The normalized spacial score (nSPS) is 25.7. The van der Waals surface area contributed by atoms with Crippen molar-refractivity contribution in [2.45, 2.75) is 24.3 Å². The summed E-state index contributed by atoms with van der Waals surface area (Å²) >= 11 is 0. The molecule has 0 aromatic carbocycles. The fraction of sp³-hybridized carbons (Fsp3) is 0.545. The number of sulfonamides is 1. The highest BCUT2D eigenvalue weighted by atomic mass is 32.2. The summed E-state index contributed by atoms with van der Waals surface area (Å²) in [5.74, 6) is 0.350. The molecule has 2 N–H and O–H groups in total. The minimum Gasteiger partial charge on any atom is -0.315 e. The van der Waals surface area contributed by atoms with Crippen LogP contribution in [0.4, 0.5) is 0 Å². The Labute approximate surface area is 102 Å². The summed E-state index contributed by atoms with van der Waals surface area (Å²) in [5, 5.41) is 3.20. The van der Waals surface area contributed by atoms with Crippen molar-refractivity contribution in [3.63, 3.8) is 0 Å². The molecule has 0 radical (unpaired) electrons. The first-order valence-corrected chi connectivity index (χ1v) is 7.21. The van der Waals surface area contributed by atoms with Crippen LogP contribution in [0, 0.1) is 5.92 Å². The summed E-state index contributed by atoms with van der Waals surface area (Å²) < 4.78 is 26.9. The number of hydrogen-bond donors (Lipinski definition) is 2. The first-order valence-electron chi connectivity index (χ1n) is 5.72. The zero-order chi connectivity index (χ0) is 12.3. The van der Waals surface area contributed by atoms with Crippen molar-refractivity contribution >= 4 is 10.0 Å². The molecular weight excluding hydrogens is 238 g/mol. The third-order valence-electron chi connectivity index (χ3n) is 3.08. The molecule has 1 aromatic heterocycles. The molecule has 6 heteroatoms. The zero-order valence-corrected chi connectivity index (χ0v) is 10.6. The topological polar surface area (TPSA) is 71.1 Å². The molecule has 0 aliphatic carbocycles. The average molecular weight is 255 g/mol. The molecule has 5 nitrogen and oxygen atoms in total. The van der Waals surface area contributed by atoms with Gasteiger partial charge in [-0.3, -0.25) is 4.98 Å². The Morgan fingerprint density at radius 3 is 3.00 bits per heavy atom. The van der Waals surface area contributed by atoms with E-state index in [0.717, 1.165) is 13.0 Å². The largest absolute Gasteiger partial charge is 0.315 e. The van der Waals surface area contributed by atoms with E-state index in [1.807, 2.05) is 0 Å². The summed E-state index contributed by atoms with van der Waals surface area (Å²) in [6, 6.07) is 3.13. The highest BCUT2D eigenvalue weighted by molar-refractivity contribution is 7.89. The number of rotatable bonds is 3. The van der Waals surface area contributed by atoms with E-state index >= 15 is 0 Å². The van der Waals surface area contributed by atoms with E-state index < -0.39 is 10.0 Å². The van der Waals surface area contributed by atoms with Crippen LogP contribution in [0.25, 0.3) is 0 Å². The van der Waals surface area contributed by atoms with Gasteiger partial charge >= 0.3 is 0 Å². The highest BCUT2D eigenvalue weighted by Gasteiger charge is 2.26. The van der Waals surface area contributed by atoms with E-state index in [1.54, 1.807) is 18.3 Å². The van der Waals surface area contributed by atoms with Gasteiger partial charge in [-0.1, -0.05) is 6.92 Å². The Kier molecular flexibility index (Phi) is 3.76. The number of pyridine rings is 1. The molecule has 94 valence electrons. The quantitative estimate of drug-likeness (QED) is 0.818. The van der Waals surface area contributed by atoms with Crippen molar-refractivity contribution < 1.29 is 8.42 Å². The molecule has 2 atom stereocenters. The lowest BCUT2D eigenvalue weighted by molar-refractivity contribution is 0.327. The summed E-state index contributed by atoms with van der Waals surface area (Å²) in [7, 11) is -3.45. The fourth-order valence-corrected chi connectivity index (χ4v) is 3.23. The van der Waals surface area contributed by atoms with Gasteiger partial charge in [-0.05, 0) is 31.0 Å². The SMILES string of the molecule is CC1CCNCC1NS(=O)(=O)c1cccnc1. The van der Waals surface area contributed by atoms with Crippen LogP contribution in [0.2, 0.25) is 0 Å². The minimum atomic E-state index is -3.45. The molecule has 0 amide bonds. The molecule has 1 aliphatic rings. The maximum atomic E-state index is 12.1. The van der Waals surface area contributed by atoms with Gasteiger partial charge in [-0.15, -0.1) is 0 Å². The van der Waals surface area contributed by atoms with E-state index in [9.17, 15) is 8.42 Å². The first kappa shape index (κ1) is 12.5. The third kappa shape index (κ3) is 3.02. The maximum absolute atomic E-state index is 12.1. The Morgan fingerprint density at radius 1 is 1.53 bits per heavy atom. The fourth-order valence-electron chi connectivity index (χ4n) is 1.92. The van der Waals surface area contributed by atoms with Crippen LogP contribution in [0.1, 0.15) is 13.3 Å². The molecular formula is C11H17N3O2S. The van der Waals surface area contributed by atoms with Crippen LogP contribution >= 0.6 is 0 Å². The molecule has 17 heavy (non-hydrogen) atoms. The second kappa shape index (κ2) is 5.12. The van der Waals surface area contributed by atoms with Crippen molar-refractivity contribution in [2.24, 2.45) is 5.92 Å². The van der Waals surface area contributed by atoms with Crippen molar-refractivity contribution in [3.05, 3.63) is 24.5 Å². The van der Waals surface area contributed by atoms with Gasteiger partial charge in [-0.25, -0.2) is 13.1 Å². The van der Waals surface area contributed by atoms with Crippen molar-refractivity contribution in [2.75, 3.05) is 13.1 Å². The molecule has 1 aliphatic heterocycles. The van der Waals surface area contributed by atoms with Gasteiger partial charge in [0.05, 0.1) is 0 Å². The van der Waals surface area contributed by atoms with Crippen LogP contribution in [0.3, 0.4) is 0 Å². The lowest BCUT2D eigenvalue weighted by Crippen LogP contribution is -2.50.